The van der Waals surface area contributed by atoms with Gasteiger partial charge in [-0.15, -0.1) is 0 Å². The molecule has 2 nitrogen and oxygen atoms in total. The third-order valence-electron chi connectivity index (χ3n) is 2.79. The monoisotopic (exact) mass is 178 g/mol. The van der Waals surface area contributed by atoms with Crippen LogP contribution in [0.2, 0.25) is 0 Å². The fraction of sp³-hybridized carbons (Fsp3) is 0.455. The lowest BCUT2D eigenvalue weighted by molar-refractivity contribution is 0.0140. The van der Waals surface area contributed by atoms with Crippen LogP contribution in [0.5, 0.6) is 0 Å². The van der Waals surface area contributed by atoms with Crippen molar-refractivity contribution in [3.05, 3.63) is 34.9 Å². The van der Waals surface area contributed by atoms with Crippen LogP contribution >= 0.6 is 0 Å². The molecule has 0 unspecified atom stereocenters. The average Bonchev–Trinajstić information content (AvgIpc) is 2.09. The average molecular weight is 178 g/mol. The van der Waals surface area contributed by atoms with Crippen LogP contribution in [0, 0.1) is 6.92 Å². The van der Waals surface area contributed by atoms with Crippen LogP contribution in [0.25, 0.3) is 0 Å². The molecule has 0 amide bonds. The van der Waals surface area contributed by atoms with E-state index in [0.29, 0.717) is 12.8 Å². The van der Waals surface area contributed by atoms with E-state index in [1.807, 2.05) is 25.1 Å². The summed E-state index contributed by atoms with van der Waals surface area (Å²) in [4.78, 5) is 0. The lowest BCUT2D eigenvalue weighted by Crippen LogP contribution is -2.34. The summed E-state index contributed by atoms with van der Waals surface area (Å²) in [6.07, 6.45) is -0.00986. The Balaban J connectivity index is 2.42. The van der Waals surface area contributed by atoms with Gasteiger partial charge in [-0.25, -0.2) is 0 Å². The van der Waals surface area contributed by atoms with E-state index in [-0.39, 0.29) is 0 Å². The number of aliphatic hydroxyl groups excluding tert-OH is 2. The van der Waals surface area contributed by atoms with Gasteiger partial charge >= 0.3 is 0 Å². The maximum Gasteiger partial charge on any atom is 0.0842 e. The van der Waals surface area contributed by atoms with Crippen molar-refractivity contribution < 1.29 is 10.2 Å². The molecular formula is C11H14O2. The number of fused-ring (bicyclic) bond motifs is 1. The zero-order valence-corrected chi connectivity index (χ0v) is 7.70. The summed E-state index contributed by atoms with van der Waals surface area (Å²) in [5.41, 5.74) is 3.60. The van der Waals surface area contributed by atoms with Crippen LogP contribution in [-0.2, 0) is 12.8 Å². The van der Waals surface area contributed by atoms with E-state index >= 15 is 0 Å². The molecule has 2 heteroatoms. The van der Waals surface area contributed by atoms with Gasteiger partial charge in [-0.3, -0.25) is 0 Å². The minimum Gasteiger partial charge on any atom is -0.390 e. The summed E-state index contributed by atoms with van der Waals surface area (Å²) in [6, 6.07) is 6.07. The second-order valence-corrected chi connectivity index (χ2v) is 3.76. The Morgan fingerprint density at radius 2 is 1.85 bits per heavy atom. The summed E-state index contributed by atoms with van der Waals surface area (Å²) >= 11 is 0. The molecule has 1 aromatic carbocycles. The van der Waals surface area contributed by atoms with Crippen molar-refractivity contribution in [3.8, 4) is 0 Å². The third-order valence-corrected chi connectivity index (χ3v) is 2.79. The molecule has 0 saturated heterocycles. The molecule has 0 radical (unpaired) electrons. The molecule has 0 saturated carbocycles. The summed E-state index contributed by atoms with van der Waals surface area (Å²) in [6.45, 7) is 2.04. The number of aryl methyl sites for hydroxylation is 1. The number of hydrogen-bond donors (Lipinski definition) is 2. The van der Waals surface area contributed by atoms with Crippen molar-refractivity contribution >= 4 is 0 Å². The molecule has 1 aromatic rings. The largest absolute Gasteiger partial charge is 0.390 e. The van der Waals surface area contributed by atoms with Gasteiger partial charge in [0.25, 0.3) is 0 Å². The van der Waals surface area contributed by atoms with Crippen molar-refractivity contribution in [2.24, 2.45) is 0 Å². The maximum absolute atomic E-state index is 9.50. The van der Waals surface area contributed by atoms with Crippen LogP contribution in [-0.4, -0.2) is 22.4 Å². The fourth-order valence-electron chi connectivity index (χ4n) is 1.95. The molecule has 70 valence electrons. The highest BCUT2D eigenvalue weighted by atomic mass is 16.3. The Bertz CT molecular complexity index is 320. The van der Waals surface area contributed by atoms with Crippen molar-refractivity contribution in [1.29, 1.82) is 0 Å². The topological polar surface area (TPSA) is 40.5 Å². The Labute approximate surface area is 77.8 Å². The van der Waals surface area contributed by atoms with E-state index < -0.39 is 12.2 Å². The Hall–Kier alpha value is -0.860. The Morgan fingerprint density at radius 1 is 1.15 bits per heavy atom. The first-order valence-corrected chi connectivity index (χ1v) is 4.62. The van der Waals surface area contributed by atoms with Gasteiger partial charge in [0.05, 0.1) is 12.2 Å². The van der Waals surface area contributed by atoms with Gasteiger partial charge in [-0.2, -0.15) is 0 Å². The summed E-state index contributed by atoms with van der Waals surface area (Å²) in [5, 5.41) is 19.0. The molecule has 2 rings (SSSR count). The van der Waals surface area contributed by atoms with E-state index in [9.17, 15) is 10.2 Å². The first kappa shape index (κ1) is 8.73. The van der Waals surface area contributed by atoms with E-state index in [0.717, 1.165) is 0 Å². The molecule has 0 aliphatic heterocycles. The Kier molecular flexibility index (Phi) is 2.10. The molecule has 0 aromatic heterocycles. The SMILES string of the molecule is Cc1cccc2c1C[C@H](O)[C@H](O)C2. The van der Waals surface area contributed by atoms with Crippen molar-refractivity contribution in [3.63, 3.8) is 0 Å². The number of aliphatic hydroxyl groups is 2. The molecule has 2 atom stereocenters. The van der Waals surface area contributed by atoms with Crippen LogP contribution in [0.15, 0.2) is 18.2 Å². The zero-order valence-electron chi connectivity index (χ0n) is 7.70. The second kappa shape index (κ2) is 3.13. The van der Waals surface area contributed by atoms with E-state index in [4.69, 9.17) is 0 Å². The third kappa shape index (κ3) is 1.47. The van der Waals surface area contributed by atoms with Crippen molar-refractivity contribution in [2.45, 2.75) is 32.0 Å². The highest BCUT2D eigenvalue weighted by Crippen LogP contribution is 2.24. The number of rotatable bonds is 0. The maximum atomic E-state index is 9.50. The molecule has 0 fully saturated rings. The van der Waals surface area contributed by atoms with Crippen LogP contribution in [0.3, 0.4) is 0 Å². The molecule has 0 heterocycles. The molecule has 13 heavy (non-hydrogen) atoms. The second-order valence-electron chi connectivity index (χ2n) is 3.76. The van der Waals surface area contributed by atoms with Crippen molar-refractivity contribution in [1.82, 2.24) is 0 Å². The molecule has 0 spiro atoms. The first-order valence-electron chi connectivity index (χ1n) is 4.62. The number of benzene rings is 1. The zero-order chi connectivity index (χ0) is 9.42. The van der Waals surface area contributed by atoms with Gasteiger partial charge in [0, 0.05) is 12.8 Å². The molecule has 2 N–H and O–H groups in total. The normalized spacial score (nSPS) is 27.0. The predicted molar refractivity (Wildman–Crippen MR) is 50.6 cm³/mol. The minimum absolute atomic E-state index is 0.582. The standard InChI is InChI=1S/C11H14O2/c1-7-3-2-4-8-5-10(12)11(13)6-9(7)8/h2-4,10-13H,5-6H2,1H3/t10-,11+/m1/s1. The predicted octanol–water partition coefficient (Wildman–Crippen LogP) is 0.815. The van der Waals surface area contributed by atoms with Crippen LogP contribution in [0.4, 0.5) is 0 Å². The molecule has 1 aliphatic rings. The lowest BCUT2D eigenvalue weighted by atomic mass is 9.85. The minimum atomic E-state index is -0.589. The van der Waals surface area contributed by atoms with Gasteiger partial charge in [0.2, 0.25) is 0 Å². The highest BCUT2D eigenvalue weighted by Gasteiger charge is 2.25. The van der Waals surface area contributed by atoms with Gasteiger partial charge in [0.1, 0.15) is 0 Å². The van der Waals surface area contributed by atoms with Crippen LogP contribution < -0.4 is 0 Å². The van der Waals surface area contributed by atoms with Gasteiger partial charge in [-0.05, 0) is 23.6 Å². The lowest BCUT2D eigenvalue weighted by Gasteiger charge is -2.26. The van der Waals surface area contributed by atoms with Crippen molar-refractivity contribution in [2.75, 3.05) is 0 Å². The first-order chi connectivity index (χ1) is 6.18. The number of hydrogen-bond acceptors (Lipinski definition) is 2. The molecule has 0 bridgehead atoms. The Morgan fingerprint density at radius 3 is 2.62 bits per heavy atom. The van der Waals surface area contributed by atoms with Crippen LogP contribution in [0.1, 0.15) is 16.7 Å². The molecular weight excluding hydrogens is 164 g/mol. The van der Waals surface area contributed by atoms with E-state index in [2.05, 4.69) is 0 Å². The van der Waals surface area contributed by atoms with Gasteiger partial charge in [-0.1, -0.05) is 18.2 Å². The van der Waals surface area contributed by atoms with E-state index in [1.54, 1.807) is 0 Å². The summed E-state index contributed by atoms with van der Waals surface area (Å²) < 4.78 is 0. The van der Waals surface area contributed by atoms with E-state index in [1.165, 1.54) is 16.7 Å². The highest BCUT2D eigenvalue weighted by molar-refractivity contribution is 5.37. The smallest absolute Gasteiger partial charge is 0.0842 e. The summed E-state index contributed by atoms with van der Waals surface area (Å²) in [5.74, 6) is 0. The summed E-state index contributed by atoms with van der Waals surface area (Å²) in [7, 11) is 0. The quantitative estimate of drug-likeness (QED) is 0.617. The fourth-order valence-corrected chi connectivity index (χ4v) is 1.95. The molecule has 1 aliphatic carbocycles. The van der Waals surface area contributed by atoms with Gasteiger partial charge in [0.15, 0.2) is 0 Å². The van der Waals surface area contributed by atoms with Gasteiger partial charge < -0.3 is 10.2 Å².